The number of benzene rings is 2. The van der Waals surface area contributed by atoms with Crippen LogP contribution in [0.2, 0.25) is 5.02 Å². The predicted molar refractivity (Wildman–Crippen MR) is 97.6 cm³/mol. The Balaban J connectivity index is 1.69. The molecular weight excluding hydrogens is 374 g/mol. The lowest BCUT2D eigenvalue weighted by atomic mass is 9.92. The second-order valence-electron chi connectivity index (χ2n) is 6.12. The second-order valence-corrected chi connectivity index (χ2v) is 6.56. The van der Waals surface area contributed by atoms with Gasteiger partial charge in [-0.15, -0.1) is 0 Å². The summed E-state index contributed by atoms with van der Waals surface area (Å²) in [7, 11) is 0. The Hall–Kier alpha value is -3.13. The summed E-state index contributed by atoms with van der Waals surface area (Å²) in [5.41, 5.74) is -0.918. The third kappa shape index (κ3) is 3.70. The van der Waals surface area contributed by atoms with Crippen molar-refractivity contribution in [1.82, 2.24) is 10.2 Å². The molecule has 0 aliphatic carbocycles. The third-order valence-electron chi connectivity index (χ3n) is 4.31. The molecule has 0 spiro atoms. The molecule has 3 rings (SSSR count). The van der Waals surface area contributed by atoms with Gasteiger partial charge in [0.25, 0.3) is 11.6 Å². The number of halogens is 1. The van der Waals surface area contributed by atoms with Gasteiger partial charge >= 0.3 is 6.03 Å². The van der Waals surface area contributed by atoms with Gasteiger partial charge in [0.15, 0.2) is 0 Å². The van der Waals surface area contributed by atoms with Crippen molar-refractivity contribution >= 4 is 29.2 Å². The summed E-state index contributed by atoms with van der Waals surface area (Å²) >= 11 is 5.88. The van der Waals surface area contributed by atoms with Crippen molar-refractivity contribution in [3.63, 3.8) is 0 Å². The number of hydrogen-bond acceptors (Lipinski definition) is 5. The molecule has 0 unspecified atom stereocenters. The number of nitro benzene ring substituents is 1. The van der Waals surface area contributed by atoms with Crippen LogP contribution in [0.3, 0.4) is 0 Å². The van der Waals surface area contributed by atoms with E-state index < -0.39 is 22.4 Å². The summed E-state index contributed by atoms with van der Waals surface area (Å²) < 4.78 is 5.53. The molecule has 140 valence electrons. The lowest BCUT2D eigenvalue weighted by Crippen LogP contribution is -2.41. The van der Waals surface area contributed by atoms with Crippen LogP contribution < -0.4 is 10.1 Å². The number of carbonyl (C=O) groups excluding carboxylic acids is 2. The summed E-state index contributed by atoms with van der Waals surface area (Å²) in [6.45, 7) is 1.72. The SMILES string of the molecule is C[C@]1(c2ccc([N+](=O)[O-])cc2)NC(=O)N(CCOc2cccc(Cl)c2)C1=O. The molecule has 0 saturated carbocycles. The van der Waals surface area contributed by atoms with Gasteiger partial charge in [-0.3, -0.25) is 19.8 Å². The minimum atomic E-state index is -1.29. The van der Waals surface area contributed by atoms with E-state index in [1.807, 2.05) is 0 Å². The van der Waals surface area contributed by atoms with Gasteiger partial charge < -0.3 is 10.1 Å². The number of amides is 3. The quantitative estimate of drug-likeness (QED) is 0.464. The molecule has 27 heavy (non-hydrogen) atoms. The van der Waals surface area contributed by atoms with Gasteiger partial charge in [-0.1, -0.05) is 17.7 Å². The number of rotatable bonds is 6. The van der Waals surface area contributed by atoms with Gasteiger partial charge in [0.05, 0.1) is 11.5 Å². The number of nitro groups is 1. The zero-order valence-electron chi connectivity index (χ0n) is 14.3. The highest BCUT2D eigenvalue weighted by Crippen LogP contribution is 2.30. The highest BCUT2D eigenvalue weighted by molar-refractivity contribution is 6.30. The van der Waals surface area contributed by atoms with E-state index >= 15 is 0 Å². The average Bonchev–Trinajstić information content (AvgIpc) is 2.86. The van der Waals surface area contributed by atoms with E-state index in [9.17, 15) is 19.7 Å². The molecule has 8 nitrogen and oxygen atoms in total. The van der Waals surface area contributed by atoms with E-state index in [0.29, 0.717) is 16.3 Å². The van der Waals surface area contributed by atoms with Gasteiger partial charge in [-0.05, 0) is 42.8 Å². The number of urea groups is 1. The second kappa shape index (κ2) is 7.24. The van der Waals surface area contributed by atoms with Gasteiger partial charge in [-0.25, -0.2) is 4.79 Å². The first-order chi connectivity index (χ1) is 12.8. The maximum atomic E-state index is 12.8. The predicted octanol–water partition coefficient (Wildman–Crippen LogP) is 3.09. The summed E-state index contributed by atoms with van der Waals surface area (Å²) in [4.78, 5) is 36.4. The Morgan fingerprint density at radius 1 is 1.22 bits per heavy atom. The van der Waals surface area contributed by atoms with Crippen LogP contribution in [0.15, 0.2) is 48.5 Å². The van der Waals surface area contributed by atoms with Crippen molar-refractivity contribution in [1.29, 1.82) is 0 Å². The third-order valence-corrected chi connectivity index (χ3v) is 4.55. The zero-order chi connectivity index (χ0) is 19.6. The summed E-state index contributed by atoms with van der Waals surface area (Å²) in [5.74, 6) is 0.0868. The molecule has 1 N–H and O–H groups in total. The van der Waals surface area contributed by atoms with E-state index in [4.69, 9.17) is 16.3 Å². The number of nitrogens with zero attached hydrogens (tertiary/aromatic N) is 2. The molecule has 1 atom stereocenters. The van der Waals surface area contributed by atoms with E-state index in [-0.39, 0.29) is 18.8 Å². The highest BCUT2D eigenvalue weighted by atomic mass is 35.5. The first kappa shape index (κ1) is 18.7. The van der Waals surface area contributed by atoms with Crippen LogP contribution in [0.4, 0.5) is 10.5 Å². The van der Waals surface area contributed by atoms with Crippen LogP contribution in [0.5, 0.6) is 5.75 Å². The first-order valence-corrected chi connectivity index (χ1v) is 8.46. The normalized spacial score (nSPS) is 19.1. The Bertz CT molecular complexity index is 902. The molecule has 9 heteroatoms. The van der Waals surface area contributed by atoms with E-state index in [2.05, 4.69) is 5.32 Å². The number of non-ortho nitro benzene ring substituents is 1. The number of nitrogens with one attached hydrogen (secondary N) is 1. The van der Waals surface area contributed by atoms with Gasteiger partial charge in [0, 0.05) is 17.2 Å². The lowest BCUT2D eigenvalue weighted by Gasteiger charge is -2.22. The average molecular weight is 390 g/mol. The Morgan fingerprint density at radius 3 is 2.56 bits per heavy atom. The van der Waals surface area contributed by atoms with Crippen molar-refractivity contribution < 1.29 is 19.2 Å². The van der Waals surface area contributed by atoms with Crippen molar-refractivity contribution in [2.75, 3.05) is 13.2 Å². The van der Waals surface area contributed by atoms with Crippen LogP contribution in [-0.4, -0.2) is 34.9 Å². The van der Waals surface area contributed by atoms with Gasteiger partial charge in [0.2, 0.25) is 0 Å². The maximum Gasteiger partial charge on any atom is 0.325 e. The van der Waals surface area contributed by atoms with Crippen molar-refractivity contribution in [2.45, 2.75) is 12.5 Å². The van der Waals surface area contributed by atoms with Crippen LogP contribution >= 0.6 is 11.6 Å². The van der Waals surface area contributed by atoms with Crippen molar-refractivity contribution in [3.8, 4) is 5.75 Å². The molecule has 0 radical (unpaired) electrons. The van der Waals surface area contributed by atoms with Gasteiger partial charge in [-0.2, -0.15) is 0 Å². The van der Waals surface area contributed by atoms with Crippen molar-refractivity contribution in [2.24, 2.45) is 0 Å². The fourth-order valence-corrected chi connectivity index (χ4v) is 3.00. The molecule has 1 saturated heterocycles. The van der Waals surface area contributed by atoms with E-state index in [0.717, 1.165) is 4.90 Å². The molecule has 0 aromatic heterocycles. The topological polar surface area (TPSA) is 102 Å². The molecule has 1 fully saturated rings. The summed E-state index contributed by atoms with van der Waals surface area (Å²) in [5, 5.41) is 13.9. The standard InChI is InChI=1S/C18H16ClN3O5/c1-18(12-5-7-14(8-6-12)22(25)26)16(23)21(17(24)20-18)9-10-27-15-4-2-3-13(19)11-15/h2-8,11H,9-10H2,1H3,(H,20,24)/t18-/m1/s1. The summed E-state index contributed by atoms with van der Waals surface area (Å²) in [6, 6.07) is 11.8. The van der Waals surface area contributed by atoms with E-state index in [1.54, 1.807) is 31.2 Å². The van der Waals surface area contributed by atoms with E-state index in [1.165, 1.54) is 24.3 Å². The Labute approximate surface area is 159 Å². The van der Waals surface area contributed by atoms with Crippen LogP contribution in [0.25, 0.3) is 0 Å². The maximum absolute atomic E-state index is 12.8. The van der Waals surface area contributed by atoms with Gasteiger partial charge in [0.1, 0.15) is 17.9 Å². The molecule has 2 aromatic rings. The number of hydrogen-bond donors (Lipinski definition) is 1. The Morgan fingerprint density at radius 2 is 1.93 bits per heavy atom. The monoisotopic (exact) mass is 389 g/mol. The molecule has 3 amide bonds. The van der Waals surface area contributed by atoms with Crippen LogP contribution in [0.1, 0.15) is 12.5 Å². The van der Waals surface area contributed by atoms with Crippen LogP contribution in [0, 0.1) is 10.1 Å². The number of ether oxygens (including phenoxy) is 1. The number of imide groups is 1. The number of carbonyl (C=O) groups is 2. The van der Waals surface area contributed by atoms with Crippen LogP contribution in [-0.2, 0) is 10.3 Å². The highest BCUT2D eigenvalue weighted by Gasteiger charge is 2.48. The molecule has 2 aromatic carbocycles. The fourth-order valence-electron chi connectivity index (χ4n) is 2.82. The first-order valence-electron chi connectivity index (χ1n) is 8.08. The molecule has 1 heterocycles. The Kier molecular flexibility index (Phi) is 5.00. The summed E-state index contributed by atoms with van der Waals surface area (Å²) in [6.07, 6.45) is 0. The molecule has 1 aliphatic rings. The zero-order valence-corrected chi connectivity index (χ0v) is 15.1. The molecule has 1 aliphatic heterocycles. The molecule has 0 bridgehead atoms. The fraction of sp³-hybridized carbons (Fsp3) is 0.222. The minimum Gasteiger partial charge on any atom is -0.492 e. The van der Waals surface area contributed by atoms with Crippen molar-refractivity contribution in [3.05, 3.63) is 69.2 Å². The minimum absolute atomic E-state index is 0.0553. The molecular formula is C18H16ClN3O5. The lowest BCUT2D eigenvalue weighted by molar-refractivity contribution is -0.384. The smallest absolute Gasteiger partial charge is 0.325 e. The largest absolute Gasteiger partial charge is 0.492 e.